The summed E-state index contributed by atoms with van der Waals surface area (Å²) in [5, 5.41) is 3.74. The number of rotatable bonds is 4. The summed E-state index contributed by atoms with van der Waals surface area (Å²) in [5.74, 6) is 2.61. The van der Waals surface area contributed by atoms with Crippen LogP contribution in [0.1, 0.15) is 43.8 Å². The van der Waals surface area contributed by atoms with Crippen LogP contribution in [0.15, 0.2) is 9.52 Å². The van der Waals surface area contributed by atoms with Crippen LogP contribution >= 0.6 is 0 Å². The van der Waals surface area contributed by atoms with Gasteiger partial charge in [-0.05, 0) is 19.8 Å². The van der Waals surface area contributed by atoms with E-state index >= 15 is 0 Å². The Morgan fingerprint density at radius 3 is 2.82 bits per heavy atom. The first-order valence-electron chi connectivity index (χ1n) is 6.34. The molecule has 1 heterocycles. The molecule has 0 spiro atoms. The minimum atomic E-state index is 0.494. The molecule has 1 saturated carbocycles. The van der Waals surface area contributed by atoms with E-state index in [1.54, 1.807) is 0 Å². The van der Waals surface area contributed by atoms with Gasteiger partial charge in [0.15, 0.2) is 5.82 Å². The highest BCUT2D eigenvalue weighted by atomic mass is 16.5. The van der Waals surface area contributed by atoms with Crippen LogP contribution in [0.3, 0.4) is 0 Å². The largest absolute Gasteiger partial charge is 0.387 e. The van der Waals surface area contributed by atoms with Gasteiger partial charge in [0.1, 0.15) is 0 Å². The Hall–Kier alpha value is -1.39. The first-order valence-corrected chi connectivity index (χ1v) is 6.34. The van der Waals surface area contributed by atoms with Crippen molar-refractivity contribution in [1.29, 1.82) is 0 Å². The van der Waals surface area contributed by atoms with E-state index in [1.165, 1.54) is 32.1 Å². The average molecular weight is 236 g/mol. The van der Waals surface area contributed by atoms with Gasteiger partial charge in [0.05, 0.1) is 5.84 Å². The molecule has 0 bridgehead atoms. The van der Waals surface area contributed by atoms with Crippen molar-refractivity contribution in [3.63, 3.8) is 0 Å². The van der Waals surface area contributed by atoms with Crippen molar-refractivity contribution in [2.75, 3.05) is 6.54 Å². The maximum absolute atomic E-state index is 6.00. The molecule has 2 rings (SSSR count). The molecule has 0 aliphatic heterocycles. The second-order valence-corrected chi connectivity index (χ2v) is 4.63. The molecule has 1 aliphatic carbocycles. The van der Waals surface area contributed by atoms with Crippen LogP contribution in [0.5, 0.6) is 0 Å². The second-order valence-electron chi connectivity index (χ2n) is 4.63. The first-order chi connectivity index (χ1) is 8.25. The Morgan fingerprint density at radius 2 is 2.18 bits per heavy atom. The molecule has 1 aromatic rings. The SMILES string of the molecule is Cc1noc(CCN=C(N)C2CCCCC2)n1. The Bertz CT molecular complexity index is 380. The maximum atomic E-state index is 6.00. The summed E-state index contributed by atoms with van der Waals surface area (Å²) in [7, 11) is 0. The second kappa shape index (κ2) is 5.80. The molecule has 1 aliphatic rings. The standard InChI is InChI=1S/C12H20N4O/c1-9-15-11(17-16-9)7-8-14-12(13)10-5-3-2-4-6-10/h10H,2-8H2,1H3,(H2,13,14). The molecule has 0 saturated heterocycles. The van der Waals surface area contributed by atoms with Crippen molar-refractivity contribution < 1.29 is 4.52 Å². The molecule has 0 amide bonds. The van der Waals surface area contributed by atoms with Crippen LogP contribution in [0.25, 0.3) is 0 Å². The zero-order chi connectivity index (χ0) is 12.1. The lowest BCUT2D eigenvalue weighted by molar-refractivity contribution is 0.376. The minimum absolute atomic E-state index is 0.494. The highest BCUT2D eigenvalue weighted by Gasteiger charge is 2.16. The van der Waals surface area contributed by atoms with Gasteiger partial charge in [-0.25, -0.2) is 0 Å². The third-order valence-electron chi connectivity index (χ3n) is 3.21. The molecule has 17 heavy (non-hydrogen) atoms. The zero-order valence-electron chi connectivity index (χ0n) is 10.4. The van der Waals surface area contributed by atoms with E-state index in [0.29, 0.717) is 30.6 Å². The Labute approximate surface area is 101 Å². The van der Waals surface area contributed by atoms with Gasteiger partial charge in [-0.1, -0.05) is 24.4 Å². The molecule has 1 fully saturated rings. The molecular formula is C12H20N4O. The van der Waals surface area contributed by atoms with Crippen molar-refractivity contribution in [1.82, 2.24) is 10.1 Å². The van der Waals surface area contributed by atoms with Crippen molar-refractivity contribution in [2.24, 2.45) is 16.6 Å². The summed E-state index contributed by atoms with van der Waals surface area (Å²) < 4.78 is 5.02. The lowest BCUT2D eigenvalue weighted by Gasteiger charge is -2.20. The molecule has 0 aromatic carbocycles. The molecule has 5 heteroatoms. The van der Waals surface area contributed by atoms with Gasteiger partial charge in [0.2, 0.25) is 5.89 Å². The van der Waals surface area contributed by atoms with Crippen LogP contribution < -0.4 is 5.73 Å². The van der Waals surface area contributed by atoms with Crippen molar-refractivity contribution in [3.8, 4) is 0 Å². The van der Waals surface area contributed by atoms with E-state index in [2.05, 4.69) is 15.1 Å². The van der Waals surface area contributed by atoms with Gasteiger partial charge in [0, 0.05) is 18.9 Å². The number of aromatic nitrogens is 2. The fourth-order valence-electron chi connectivity index (χ4n) is 2.25. The fraction of sp³-hybridized carbons (Fsp3) is 0.750. The van der Waals surface area contributed by atoms with Gasteiger partial charge in [0.25, 0.3) is 0 Å². The summed E-state index contributed by atoms with van der Waals surface area (Å²) >= 11 is 0. The predicted octanol–water partition coefficient (Wildman–Crippen LogP) is 1.86. The van der Waals surface area contributed by atoms with Crippen LogP contribution in [-0.2, 0) is 6.42 Å². The van der Waals surface area contributed by atoms with Crippen LogP contribution in [0.2, 0.25) is 0 Å². The Balaban J connectivity index is 1.79. The third kappa shape index (κ3) is 3.54. The highest BCUT2D eigenvalue weighted by molar-refractivity contribution is 5.82. The molecule has 94 valence electrons. The van der Waals surface area contributed by atoms with Gasteiger partial charge in [-0.3, -0.25) is 4.99 Å². The quantitative estimate of drug-likeness (QED) is 0.639. The number of aliphatic imine (C=N–C) groups is 1. The number of hydrogen-bond donors (Lipinski definition) is 1. The third-order valence-corrected chi connectivity index (χ3v) is 3.21. The molecule has 0 radical (unpaired) electrons. The van der Waals surface area contributed by atoms with E-state index < -0.39 is 0 Å². The normalized spacial score (nSPS) is 18.5. The number of aryl methyl sites for hydroxylation is 1. The monoisotopic (exact) mass is 236 g/mol. The topological polar surface area (TPSA) is 77.3 Å². The smallest absolute Gasteiger partial charge is 0.228 e. The van der Waals surface area contributed by atoms with Crippen molar-refractivity contribution in [2.45, 2.75) is 45.4 Å². The van der Waals surface area contributed by atoms with E-state index in [9.17, 15) is 0 Å². The van der Waals surface area contributed by atoms with Gasteiger partial charge in [-0.2, -0.15) is 4.98 Å². The molecule has 0 unspecified atom stereocenters. The number of nitrogens with two attached hydrogens (primary N) is 1. The highest BCUT2D eigenvalue weighted by Crippen LogP contribution is 2.23. The summed E-state index contributed by atoms with van der Waals surface area (Å²) in [4.78, 5) is 8.55. The summed E-state index contributed by atoms with van der Waals surface area (Å²) in [5.41, 5.74) is 6.00. The summed E-state index contributed by atoms with van der Waals surface area (Å²) in [6.07, 6.45) is 6.96. The van der Waals surface area contributed by atoms with Gasteiger partial charge >= 0.3 is 0 Å². The molecule has 2 N–H and O–H groups in total. The van der Waals surface area contributed by atoms with E-state index in [0.717, 1.165) is 5.84 Å². The van der Waals surface area contributed by atoms with E-state index in [4.69, 9.17) is 10.3 Å². The van der Waals surface area contributed by atoms with E-state index in [-0.39, 0.29) is 0 Å². The predicted molar refractivity (Wildman–Crippen MR) is 65.8 cm³/mol. The van der Waals surface area contributed by atoms with Gasteiger partial charge < -0.3 is 10.3 Å². The average Bonchev–Trinajstić information content (AvgIpc) is 2.76. The van der Waals surface area contributed by atoms with E-state index in [1.807, 2.05) is 6.92 Å². The van der Waals surface area contributed by atoms with Crippen molar-refractivity contribution >= 4 is 5.84 Å². The molecule has 5 nitrogen and oxygen atoms in total. The number of amidine groups is 1. The molecule has 0 atom stereocenters. The lowest BCUT2D eigenvalue weighted by Crippen LogP contribution is -2.26. The molecule has 1 aromatic heterocycles. The fourth-order valence-corrected chi connectivity index (χ4v) is 2.25. The number of nitrogens with zero attached hydrogens (tertiary/aromatic N) is 3. The van der Waals surface area contributed by atoms with Gasteiger partial charge in [-0.15, -0.1) is 0 Å². The van der Waals surface area contributed by atoms with Crippen molar-refractivity contribution in [3.05, 3.63) is 11.7 Å². The van der Waals surface area contributed by atoms with Crippen LogP contribution in [-0.4, -0.2) is 22.5 Å². The maximum Gasteiger partial charge on any atom is 0.228 e. The summed E-state index contributed by atoms with van der Waals surface area (Å²) in [6.45, 7) is 2.45. The molecular weight excluding hydrogens is 216 g/mol. The Kier molecular flexibility index (Phi) is 4.12. The first kappa shape index (κ1) is 12.1. The minimum Gasteiger partial charge on any atom is -0.387 e. The van der Waals surface area contributed by atoms with Crippen LogP contribution in [0.4, 0.5) is 0 Å². The Morgan fingerprint density at radius 1 is 1.41 bits per heavy atom. The zero-order valence-corrected chi connectivity index (χ0v) is 10.4. The van der Waals surface area contributed by atoms with Crippen LogP contribution in [0, 0.1) is 12.8 Å². The lowest BCUT2D eigenvalue weighted by atomic mass is 9.88. The number of hydrogen-bond acceptors (Lipinski definition) is 4. The summed E-state index contributed by atoms with van der Waals surface area (Å²) in [6, 6.07) is 0.